The predicted molar refractivity (Wildman–Crippen MR) is 90.4 cm³/mol. The topological polar surface area (TPSA) is 87.9 Å². The van der Waals surface area contributed by atoms with Crippen LogP contribution in [0.25, 0.3) is 6.08 Å². The van der Waals surface area contributed by atoms with Gasteiger partial charge in [0.05, 0.1) is 21.6 Å². The normalized spacial score (nSPS) is 12.4. The molecule has 3 rings (SSSR count). The van der Waals surface area contributed by atoms with Crippen LogP contribution in [0.1, 0.15) is 5.56 Å². The molecule has 0 atom stereocenters. The molecule has 1 aliphatic heterocycles. The van der Waals surface area contributed by atoms with Gasteiger partial charge in [-0.15, -0.1) is 0 Å². The van der Waals surface area contributed by atoms with E-state index in [1.54, 1.807) is 6.07 Å². The molecule has 0 amide bonds. The fourth-order valence-corrected chi connectivity index (χ4v) is 2.41. The van der Waals surface area contributed by atoms with E-state index in [4.69, 9.17) is 37.4 Å². The van der Waals surface area contributed by atoms with Crippen molar-refractivity contribution in [2.75, 3.05) is 6.79 Å². The maximum atomic E-state index is 11.9. The molecule has 0 N–H and O–H groups in total. The van der Waals surface area contributed by atoms with Gasteiger partial charge in [-0.3, -0.25) is 10.1 Å². The average molecular weight is 382 g/mol. The second-order valence-corrected chi connectivity index (χ2v) is 5.69. The Kier molecular flexibility index (Phi) is 4.78. The largest absolute Gasteiger partial charge is 0.454 e. The van der Waals surface area contributed by atoms with Gasteiger partial charge in [0.1, 0.15) is 0 Å². The number of carbonyl (C=O) groups is 1. The highest BCUT2D eigenvalue weighted by atomic mass is 35.5. The van der Waals surface area contributed by atoms with Gasteiger partial charge in [-0.25, -0.2) is 4.79 Å². The Labute approximate surface area is 151 Å². The first-order valence-corrected chi connectivity index (χ1v) is 7.62. The number of hydrogen-bond acceptors (Lipinski definition) is 6. The van der Waals surface area contributed by atoms with Crippen molar-refractivity contribution in [1.82, 2.24) is 0 Å². The van der Waals surface area contributed by atoms with Crippen molar-refractivity contribution in [3.8, 4) is 17.2 Å². The number of esters is 1. The van der Waals surface area contributed by atoms with E-state index >= 15 is 0 Å². The van der Waals surface area contributed by atoms with E-state index in [9.17, 15) is 14.9 Å². The summed E-state index contributed by atoms with van der Waals surface area (Å²) >= 11 is 11.7. The number of hydrogen-bond donors (Lipinski definition) is 0. The molecule has 0 saturated carbocycles. The highest BCUT2D eigenvalue weighted by Gasteiger charge is 2.22. The van der Waals surface area contributed by atoms with Gasteiger partial charge in [-0.05, 0) is 24.3 Å². The second-order valence-electron chi connectivity index (χ2n) is 4.85. The van der Waals surface area contributed by atoms with Crippen LogP contribution in [0.15, 0.2) is 36.4 Å². The second kappa shape index (κ2) is 7.00. The van der Waals surface area contributed by atoms with Crippen molar-refractivity contribution in [3.05, 3.63) is 62.1 Å². The quantitative estimate of drug-likeness (QED) is 0.258. The predicted octanol–water partition coefficient (Wildman–Crippen LogP) is 4.25. The van der Waals surface area contributed by atoms with E-state index in [-0.39, 0.29) is 34.6 Å². The van der Waals surface area contributed by atoms with Crippen LogP contribution in [0, 0.1) is 10.1 Å². The van der Waals surface area contributed by atoms with Gasteiger partial charge in [0.15, 0.2) is 17.2 Å². The summed E-state index contributed by atoms with van der Waals surface area (Å²) in [6, 6.07) is 7.07. The van der Waals surface area contributed by atoms with E-state index in [2.05, 4.69) is 0 Å². The van der Waals surface area contributed by atoms with E-state index in [1.165, 1.54) is 30.3 Å². The minimum Gasteiger partial charge on any atom is -0.454 e. The number of benzene rings is 2. The van der Waals surface area contributed by atoms with Gasteiger partial charge in [0, 0.05) is 17.2 Å². The minimum absolute atomic E-state index is 0.0189. The maximum absolute atomic E-state index is 11.9. The Morgan fingerprint density at radius 2 is 1.92 bits per heavy atom. The molecule has 0 fully saturated rings. The van der Waals surface area contributed by atoms with Crippen LogP contribution in [-0.2, 0) is 4.79 Å². The summed E-state index contributed by atoms with van der Waals surface area (Å²) < 4.78 is 15.4. The lowest BCUT2D eigenvalue weighted by atomic mass is 10.1. The number of ether oxygens (including phenoxy) is 3. The van der Waals surface area contributed by atoms with Crippen LogP contribution in [0.5, 0.6) is 17.2 Å². The zero-order valence-corrected chi connectivity index (χ0v) is 13.9. The highest BCUT2D eigenvalue weighted by Crippen LogP contribution is 2.38. The molecule has 0 bridgehead atoms. The monoisotopic (exact) mass is 381 g/mol. The molecule has 0 spiro atoms. The molecule has 0 saturated heterocycles. The molecule has 0 aliphatic carbocycles. The summed E-state index contributed by atoms with van der Waals surface area (Å²) in [5.74, 6) is -0.0474. The zero-order valence-electron chi connectivity index (χ0n) is 12.4. The number of nitro benzene ring substituents is 1. The van der Waals surface area contributed by atoms with Crippen molar-refractivity contribution in [2.45, 2.75) is 0 Å². The van der Waals surface area contributed by atoms with Crippen LogP contribution < -0.4 is 14.2 Å². The molecule has 7 nitrogen and oxygen atoms in total. The molecule has 0 aromatic heterocycles. The fourth-order valence-electron chi connectivity index (χ4n) is 2.09. The van der Waals surface area contributed by atoms with Crippen molar-refractivity contribution < 1.29 is 23.9 Å². The third-order valence-electron chi connectivity index (χ3n) is 3.22. The number of halogens is 2. The van der Waals surface area contributed by atoms with Crippen LogP contribution in [0.3, 0.4) is 0 Å². The van der Waals surface area contributed by atoms with Crippen molar-refractivity contribution in [3.63, 3.8) is 0 Å². The third kappa shape index (κ3) is 3.84. The van der Waals surface area contributed by atoms with E-state index in [0.717, 1.165) is 6.08 Å². The maximum Gasteiger partial charge on any atom is 0.336 e. The molecule has 2 aromatic rings. The molecule has 25 heavy (non-hydrogen) atoms. The summed E-state index contributed by atoms with van der Waals surface area (Å²) in [4.78, 5) is 22.5. The highest BCUT2D eigenvalue weighted by molar-refractivity contribution is 6.34. The van der Waals surface area contributed by atoms with Gasteiger partial charge in [0.2, 0.25) is 6.79 Å². The lowest BCUT2D eigenvalue weighted by Gasteiger charge is -2.04. The first-order chi connectivity index (χ1) is 11.9. The van der Waals surface area contributed by atoms with Crippen molar-refractivity contribution in [1.29, 1.82) is 0 Å². The number of nitro groups is 1. The Morgan fingerprint density at radius 3 is 2.64 bits per heavy atom. The lowest BCUT2D eigenvalue weighted by molar-refractivity contribution is -0.385. The molecule has 0 unspecified atom stereocenters. The molecule has 0 radical (unpaired) electrons. The zero-order chi connectivity index (χ0) is 18.0. The smallest absolute Gasteiger partial charge is 0.336 e. The van der Waals surface area contributed by atoms with Crippen molar-refractivity contribution >= 4 is 40.9 Å². The first kappa shape index (κ1) is 17.1. The molecule has 9 heteroatoms. The molecule has 1 heterocycles. The summed E-state index contributed by atoms with van der Waals surface area (Å²) in [7, 11) is 0. The third-order valence-corrected chi connectivity index (χ3v) is 3.77. The van der Waals surface area contributed by atoms with Crippen LogP contribution in [0.4, 0.5) is 5.69 Å². The number of fused-ring (bicyclic) bond motifs is 1. The number of rotatable bonds is 4. The minimum atomic E-state index is -0.767. The average Bonchev–Trinajstić information content (AvgIpc) is 3.02. The molecular formula is C16H9Cl2NO6. The van der Waals surface area contributed by atoms with E-state index < -0.39 is 10.9 Å². The Balaban J connectivity index is 1.83. The standard InChI is InChI=1S/C16H9Cl2NO6/c17-10-2-3-11(18)13(6-10)25-16(20)4-1-9-5-14-15(24-8-23-14)7-12(9)19(21)22/h1-7H,8H2/b4-1+. The summed E-state index contributed by atoms with van der Waals surface area (Å²) in [5, 5.41) is 11.7. The Hall–Kier alpha value is -2.77. The fraction of sp³-hybridized carbons (Fsp3) is 0.0625. The van der Waals surface area contributed by atoms with Gasteiger partial charge in [-0.1, -0.05) is 23.2 Å². The summed E-state index contributed by atoms with van der Waals surface area (Å²) in [6.45, 7) is -0.0189. The molecular weight excluding hydrogens is 373 g/mol. The first-order valence-electron chi connectivity index (χ1n) is 6.87. The molecule has 1 aliphatic rings. The SMILES string of the molecule is O=C(/C=C/c1cc2c(cc1[N+](=O)[O-])OCO2)Oc1cc(Cl)ccc1Cl. The number of carbonyl (C=O) groups excluding carboxylic acids is 1. The van der Waals surface area contributed by atoms with Gasteiger partial charge < -0.3 is 14.2 Å². The van der Waals surface area contributed by atoms with Crippen molar-refractivity contribution in [2.24, 2.45) is 0 Å². The molecule has 128 valence electrons. The van der Waals surface area contributed by atoms with E-state index in [0.29, 0.717) is 10.8 Å². The Bertz CT molecular complexity index is 896. The van der Waals surface area contributed by atoms with E-state index in [1.807, 2.05) is 0 Å². The van der Waals surface area contributed by atoms with Gasteiger partial charge in [-0.2, -0.15) is 0 Å². The van der Waals surface area contributed by atoms with Crippen LogP contribution >= 0.6 is 23.2 Å². The van der Waals surface area contributed by atoms with Gasteiger partial charge in [0.25, 0.3) is 5.69 Å². The summed E-state index contributed by atoms with van der Waals surface area (Å²) in [6.07, 6.45) is 2.29. The van der Waals surface area contributed by atoms with Gasteiger partial charge >= 0.3 is 5.97 Å². The van der Waals surface area contributed by atoms with Crippen LogP contribution in [-0.4, -0.2) is 17.7 Å². The van der Waals surface area contributed by atoms with Crippen LogP contribution in [0.2, 0.25) is 10.0 Å². The number of nitrogens with zero attached hydrogens (tertiary/aromatic N) is 1. The summed E-state index contributed by atoms with van der Waals surface area (Å²) in [5.41, 5.74) is -0.0579. The molecule has 2 aromatic carbocycles. The lowest BCUT2D eigenvalue weighted by Crippen LogP contribution is -2.04. The Morgan fingerprint density at radius 1 is 1.20 bits per heavy atom.